The molecule has 2 heteroatoms. The zero-order chi connectivity index (χ0) is 5.66. The van der Waals surface area contributed by atoms with Gasteiger partial charge in [0.05, 0.1) is 0 Å². The zero-order valence-electron chi connectivity index (χ0n) is 6.47. The van der Waals surface area contributed by atoms with Crippen LogP contribution in [0.25, 0.3) is 0 Å². The minimum atomic E-state index is 0. The lowest BCUT2D eigenvalue weighted by Crippen LogP contribution is -1.85. The molecule has 0 aliphatic heterocycles. The van der Waals surface area contributed by atoms with Crippen molar-refractivity contribution in [2.75, 3.05) is 0 Å². The van der Waals surface area contributed by atoms with Crippen LogP contribution in [-0.4, -0.2) is 0 Å². The molecule has 0 amide bonds. The van der Waals surface area contributed by atoms with Gasteiger partial charge in [-0.2, -0.15) is 0 Å². The molecule has 1 fully saturated rings. The van der Waals surface area contributed by atoms with Crippen molar-refractivity contribution in [2.24, 2.45) is 0 Å². The Hall–Kier alpha value is 0.580. The topological polar surface area (TPSA) is 0 Å². The Balaban J connectivity index is 0. The third-order valence-electron chi connectivity index (χ3n) is 2.00. The van der Waals surface area contributed by atoms with Crippen molar-refractivity contribution in [3.8, 4) is 0 Å². The number of rotatable bonds is 0. The van der Waals surface area contributed by atoms with E-state index in [0.717, 1.165) is 0 Å². The summed E-state index contributed by atoms with van der Waals surface area (Å²) in [5.41, 5.74) is 0. The van der Waals surface area contributed by atoms with Crippen LogP contribution in [0, 0.1) is 0 Å². The fourth-order valence-electron chi connectivity index (χ4n) is 1.41. The van der Waals surface area contributed by atoms with E-state index in [9.17, 15) is 0 Å². The highest BCUT2D eigenvalue weighted by Gasteiger charge is 1.95. The summed E-state index contributed by atoms with van der Waals surface area (Å²) in [5.74, 6) is 0. The van der Waals surface area contributed by atoms with Crippen molar-refractivity contribution in [3.05, 3.63) is 0 Å². The van der Waals surface area contributed by atoms with Crippen molar-refractivity contribution >= 4 is 24.8 Å². The molecule has 0 spiro atoms. The fraction of sp³-hybridized carbons (Fsp3) is 1.00. The molecule has 0 N–H and O–H groups in total. The van der Waals surface area contributed by atoms with Crippen LogP contribution in [0.15, 0.2) is 0 Å². The number of halogens is 2. The van der Waals surface area contributed by atoms with Crippen molar-refractivity contribution in [2.45, 2.75) is 51.4 Å². The van der Waals surface area contributed by atoms with Gasteiger partial charge >= 0.3 is 0 Å². The van der Waals surface area contributed by atoms with Gasteiger partial charge in [-0.25, -0.2) is 0 Å². The molecule has 1 aliphatic carbocycles. The lowest BCUT2D eigenvalue weighted by atomic mass is 10.0. The second-order valence-corrected chi connectivity index (χ2v) is 2.83. The Bertz CT molecular complexity index is 31.2. The van der Waals surface area contributed by atoms with Gasteiger partial charge in [0.2, 0.25) is 0 Å². The van der Waals surface area contributed by atoms with Crippen molar-refractivity contribution in [3.63, 3.8) is 0 Å². The van der Waals surface area contributed by atoms with Gasteiger partial charge in [0, 0.05) is 0 Å². The first kappa shape index (κ1) is 13.2. The van der Waals surface area contributed by atoms with Gasteiger partial charge in [-0.1, -0.05) is 51.4 Å². The first-order valence-corrected chi connectivity index (χ1v) is 4.00. The van der Waals surface area contributed by atoms with E-state index in [4.69, 9.17) is 0 Å². The monoisotopic (exact) mass is 184 g/mol. The van der Waals surface area contributed by atoms with E-state index in [1.807, 2.05) is 0 Å². The van der Waals surface area contributed by atoms with Gasteiger partial charge in [0.25, 0.3) is 0 Å². The second-order valence-electron chi connectivity index (χ2n) is 2.83. The number of hydrogen-bond donors (Lipinski definition) is 0. The lowest BCUT2D eigenvalue weighted by Gasteiger charge is -2.05. The van der Waals surface area contributed by atoms with Crippen LogP contribution in [-0.2, 0) is 0 Å². The Kier molecular flexibility index (Phi) is 12.6. The highest BCUT2D eigenvalue weighted by Crippen LogP contribution is 2.15. The minimum absolute atomic E-state index is 0. The molecule has 0 unspecified atom stereocenters. The van der Waals surface area contributed by atoms with Gasteiger partial charge in [-0.05, 0) is 0 Å². The molecule has 10 heavy (non-hydrogen) atoms. The highest BCUT2D eigenvalue weighted by molar-refractivity contribution is 5.85. The maximum absolute atomic E-state index is 1.50. The van der Waals surface area contributed by atoms with E-state index >= 15 is 0 Å². The van der Waals surface area contributed by atoms with E-state index < -0.39 is 0 Å². The Morgan fingerprint density at radius 2 is 0.400 bits per heavy atom. The molecule has 0 aromatic carbocycles. The lowest BCUT2D eigenvalue weighted by molar-refractivity contribution is 0.504. The predicted octanol–water partition coefficient (Wildman–Crippen LogP) is 3.96. The molecule has 0 bridgehead atoms. The van der Waals surface area contributed by atoms with Crippen LogP contribution in [0.3, 0.4) is 0 Å². The summed E-state index contributed by atoms with van der Waals surface area (Å²) in [6.45, 7) is 0. The number of hydrogen-bond acceptors (Lipinski definition) is 0. The van der Waals surface area contributed by atoms with Crippen molar-refractivity contribution in [1.29, 1.82) is 0 Å². The highest BCUT2D eigenvalue weighted by atomic mass is 35.5. The molecule has 0 aromatic heterocycles. The summed E-state index contributed by atoms with van der Waals surface area (Å²) in [5, 5.41) is 0. The molecule has 64 valence electrons. The van der Waals surface area contributed by atoms with Crippen LogP contribution >= 0.6 is 24.8 Å². The quantitative estimate of drug-likeness (QED) is 0.535. The zero-order valence-corrected chi connectivity index (χ0v) is 8.11. The minimum Gasteiger partial charge on any atom is -0.147 e. The first-order valence-electron chi connectivity index (χ1n) is 4.00. The first-order chi connectivity index (χ1) is 4.00. The Labute approximate surface area is 76.6 Å². The molecule has 1 saturated carbocycles. The summed E-state index contributed by atoms with van der Waals surface area (Å²) < 4.78 is 0. The molecule has 0 saturated heterocycles. The maximum Gasteiger partial charge on any atom is -0.0533 e. The van der Waals surface area contributed by atoms with E-state index in [1.54, 1.807) is 0 Å². The molecule has 0 aromatic rings. The standard InChI is InChI=1S/C8H16.2ClH/c1-2-4-6-8-7-5-3-1;;/h1-8H2;2*1H. The van der Waals surface area contributed by atoms with Crippen LogP contribution < -0.4 is 0 Å². The van der Waals surface area contributed by atoms with Crippen LogP contribution in [0.2, 0.25) is 0 Å². The van der Waals surface area contributed by atoms with E-state index in [1.165, 1.54) is 51.4 Å². The van der Waals surface area contributed by atoms with Gasteiger partial charge < -0.3 is 0 Å². The second kappa shape index (κ2) is 9.58. The summed E-state index contributed by atoms with van der Waals surface area (Å²) in [6, 6.07) is 0. The van der Waals surface area contributed by atoms with Crippen LogP contribution in [0.4, 0.5) is 0 Å². The maximum atomic E-state index is 1.50. The summed E-state index contributed by atoms with van der Waals surface area (Å²) >= 11 is 0. The van der Waals surface area contributed by atoms with Crippen LogP contribution in [0.5, 0.6) is 0 Å². The third kappa shape index (κ3) is 6.70. The average Bonchev–Trinajstić information content (AvgIpc) is 1.62. The molecule has 0 atom stereocenters. The summed E-state index contributed by atoms with van der Waals surface area (Å²) in [4.78, 5) is 0. The normalized spacial score (nSPS) is 19.2. The van der Waals surface area contributed by atoms with Crippen LogP contribution in [0.1, 0.15) is 51.4 Å². The van der Waals surface area contributed by atoms with Gasteiger partial charge in [0.1, 0.15) is 0 Å². The predicted molar refractivity (Wildman–Crippen MR) is 51.4 cm³/mol. The molecular weight excluding hydrogens is 167 g/mol. The van der Waals surface area contributed by atoms with E-state index in [-0.39, 0.29) is 24.8 Å². The van der Waals surface area contributed by atoms with Gasteiger partial charge in [-0.3, -0.25) is 0 Å². The molecule has 1 aliphatic rings. The molecule has 0 nitrogen and oxygen atoms in total. The smallest absolute Gasteiger partial charge is 0.0533 e. The van der Waals surface area contributed by atoms with E-state index in [2.05, 4.69) is 0 Å². The summed E-state index contributed by atoms with van der Waals surface area (Å²) in [6.07, 6.45) is 12.0. The van der Waals surface area contributed by atoms with E-state index in [0.29, 0.717) is 0 Å². The largest absolute Gasteiger partial charge is 0.147 e. The summed E-state index contributed by atoms with van der Waals surface area (Å²) in [7, 11) is 0. The molecule has 0 heterocycles. The van der Waals surface area contributed by atoms with Crippen molar-refractivity contribution < 1.29 is 0 Å². The van der Waals surface area contributed by atoms with Crippen molar-refractivity contribution in [1.82, 2.24) is 0 Å². The SMILES string of the molecule is C1CCCCCCC1.Cl.Cl. The van der Waals surface area contributed by atoms with Gasteiger partial charge in [0.15, 0.2) is 0 Å². The molecular formula is C8H18Cl2. The third-order valence-corrected chi connectivity index (χ3v) is 2.00. The molecule has 0 radical (unpaired) electrons. The molecule has 1 rings (SSSR count). The Morgan fingerprint density at radius 3 is 0.500 bits per heavy atom. The Morgan fingerprint density at radius 1 is 0.300 bits per heavy atom. The average molecular weight is 185 g/mol. The fourth-order valence-corrected chi connectivity index (χ4v) is 1.41. The van der Waals surface area contributed by atoms with Gasteiger partial charge in [-0.15, -0.1) is 24.8 Å².